The number of hydrogen-bond donors (Lipinski definition) is 0. The van der Waals surface area contributed by atoms with Crippen LogP contribution in [0.5, 0.6) is 0 Å². The van der Waals surface area contributed by atoms with Crippen LogP contribution < -0.4 is 0 Å². The van der Waals surface area contributed by atoms with Crippen LogP contribution in [0, 0.1) is 23.7 Å². The molecular weight excluding hydrogens is 312 g/mol. The van der Waals surface area contributed by atoms with Crippen molar-refractivity contribution in [3.8, 4) is 0 Å². The van der Waals surface area contributed by atoms with Gasteiger partial charge >= 0.3 is 0 Å². The number of hydrogen-bond acceptors (Lipinski definition) is 3. The Morgan fingerprint density at radius 2 is 1.44 bits per heavy atom. The molecule has 4 atom stereocenters. The first-order valence-electron chi connectivity index (χ1n) is 9.85. The van der Waals surface area contributed by atoms with Crippen molar-refractivity contribution in [3.05, 3.63) is 35.9 Å². The molecule has 2 bridgehead atoms. The Labute approximate surface area is 149 Å². The topological polar surface area (TPSA) is 40.6 Å². The Kier molecular flexibility index (Phi) is 3.70. The largest absolute Gasteiger partial charge is 0.299 e. The van der Waals surface area contributed by atoms with Crippen molar-refractivity contribution >= 4 is 11.8 Å². The third kappa shape index (κ3) is 2.45. The van der Waals surface area contributed by atoms with Gasteiger partial charge in [-0.25, -0.2) is 0 Å². The van der Waals surface area contributed by atoms with Crippen LogP contribution in [0.25, 0.3) is 0 Å². The third-order valence-electron chi connectivity index (χ3n) is 7.13. The van der Waals surface area contributed by atoms with Gasteiger partial charge in [0.25, 0.3) is 0 Å². The van der Waals surface area contributed by atoms with Crippen LogP contribution >= 0.6 is 0 Å². The number of carbonyl (C=O) groups excluding carboxylic acids is 2. The molecule has 0 unspecified atom stereocenters. The molecule has 25 heavy (non-hydrogen) atoms. The Morgan fingerprint density at radius 3 is 2.04 bits per heavy atom. The second-order valence-electron chi connectivity index (χ2n) is 8.42. The summed E-state index contributed by atoms with van der Waals surface area (Å²) < 4.78 is 0. The lowest BCUT2D eigenvalue weighted by molar-refractivity contribution is -0.144. The summed E-state index contributed by atoms with van der Waals surface area (Å²) in [6.45, 7) is 2.91. The van der Waals surface area contributed by atoms with Crippen molar-refractivity contribution in [2.24, 2.45) is 23.7 Å². The highest BCUT2D eigenvalue weighted by Gasteiger charge is 2.61. The van der Waals surface area contributed by atoms with Gasteiger partial charge in [0.1, 0.15) is 0 Å². The fourth-order valence-electron chi connectivity index (χ4n) is 5.97. The standard InChI is InChI=1S/C21H26N2O2/c24-20-18-15-6-7-16(12-15)19(18)21(25)23(20)17-8-10-22(11-9-17)13-14-4-2-1-3-5-14/h1-5,15-19H,6-13H2/t15-,16-,18-,19-/m0/s1. The molecule has 0 N–H and O–H groups in total. The van der Waals surface area contributed by atoms with E-state index in [4.69, 9.17) is 0 Å². The van der Waals surface area contributed by atoms with Crippen molar-refractivity contribution in [2.75, 3.05) is 13.1 Å². The Hall–Kier alpha value is -1.68. The summed E-state index contributed by atoms with van der Waals surface area (Å²) in [4.78, 5) is 30.1. The van der Waals surface area contributed by atoms with E-state index in [9.17, 15) is 9.59 Å². The molecule has 0 spiro atoms. The van der Waals surface area contributed by atoms with E-state index >= 15 is 0 Å². The molecule has 0 radical (unpaired) electrons. The molecule has 2 amide bonds. The fourth-order valence-corrected chi connectivity index (χ4v) is 5.97. The van der Waals surface area contributed by atoms with Crippen molar-refractivity contribution in [3.63, 3.8) is 0 Å². The Balaban J connectivity index is 1.24. The van der Waals surface area contributed by atoms with Gasteiger partial charge in [-0.1, -0.05) is 30.3 Å². The minimum atomic E-state index is 0.0357. The second kappa shape index (κ2) is 5.94. The first-order chi connectivity index (χ1) is 12.2. The molecule has 0 aromatic heterocycles. The molecule has 4 heteroatoms. The van der Waals surface area contributed by atoms with Crippen LogP contribution in [-0.4, -0.2) is 40.7 Å². The number of fused-ring (bicyclic) bond motifs is 5. The zero-order valence-electron chi connectivity index (χ0n) is 14.6. The summed E-state index contributed by atoms with van der Waals surface area (Å²) in [6.07, 6.45) is 5.30. The van der Waals surface area contributed by atoms with Gasteiger partial charge in [-0.2, -0.15) is 0 Å². The third-order valence-corrected chi connectivity index (χ3v) is 7.13. The summed E-state index contributed by atoms with van der Waals surface area (Å²) in [5.41, 5.74) is 1.33. The maximum Gasteiger partial charge on any atom is 0.233 e. The smallest absolute Gasteiger partial charge is 0.233 e. The molecule has 2 heterocycles. The number of piperidine rings is 1. The zero-order chi connectivity index (χ0) is 17.0. The number of benzene rings is 1. The van der Waals surface area contributed by atoms with Crippen LogP contribution in [0.1, 0.15) is 37.7 Å². The number of nitrogens with zero attached hydrogens (tertiary/aromatic N) is 2. The predicted molar refractivity (Wildman–Crippen MR) is 94.4 cm³/mol. The minimum absolute atomic E-state index is 0.0357. The molecule has 2 saturated heterocycles. The van der Waals surface area contributed by atoms with Gasteiger partial charge in [-0.05, 0) is 49.5 Å². The average Bonchev–Trinajstić information content (AvgIpc) is 3.31. The fraction of sp³-hybridized carbons (Fsp3) is 0.619. The number of carbonyl (C=O) groups is 2. The van der Waals surface area contributed by atoms with Crippen LogP contribution in [0.3, 0.4) is 0 Å². The van der Waals surface area contributed by atoms with E-state index in [1.165, 1.54) is 5.56 Å². The minimum Gasteiger partial charge on any atom is -0.299 e. The maximum absolute atomic E-state index is 13.0. The van der Waals surface area contributed by atoms with E-state index in [0.29, 0.717) is 11.8 Å². The van der Waals surface area contributed by atoms with Gasteiger partial charge < -0.3 is 0 Å². The molecule has 4 nitrogen and oxygen atoms in total. The molecular formula is C21H26N2O2. The summed E-state index contributed by atoms with van der Waals surface area (Å²) in [6, 6.07) is 10.7. The normalized spacial score (nSPS) is 35.6. The van der Waals surface area contributed by atoms with Gasteiger partial charge in [0.05, 0.1) is 11.8 Å². The van der Waals surface area contributed by atoms with Crippen LogP contribution in [0.2, 0.25) is 0 Å². The van der Waals surface area contributed by atoms with Gasteiger partial charge in [0.2, 0.25) is 11.8 Å². The van der Waals surface area contributed by atoms with Crippen molar-refractivity contribution in [1.29, 1.82) is 0 Å². The summed E-state index contributed by atoms with van der Waals surface area (Å²) >= 11 is 0. The lowest BCUT2D eigenvalue weighted by Crippen LogP contribution is -2.48. The first-order valence-corrected chi connectivity index (χ1v) is 9.85. The van der Waals surface area contributed by atoms with Crippen molar-refractivity contribution in [2.45, 2.75) is 44.7 Å². The molecule has 1 aromatic carbocycles. The Bertz CT molecular complexity index is 652. The highest BCUT2D eigenvalue weighted by atomic mass is 16.2. The molecule has 4 fully saturated rings. The van der Waals surface area contributed by atoms with Crippen molar-refractivity contribution in [1.82, 2.24) is 9.80 Å². The first kappa shape index (κ1) is 15.6. The van der Waals surface area contributed by atoms with Gasteiger partial charge in [-0.3, -0.25) is 19.4 Å². The van der Waals surface area contributed by atoms with Gasteiger partial charge in [0.15, 0.2) is 0 Å². The predicted octanol–water partition coefficient (Wildman–Crippen LogP) is 2.68. The SMILES string of the molecule is O=C1[C@H]2[C@H]3CC[C@@H](C3)[C@@H]2C(=O)N1C1CCN(Cc2ccccc2)CC1. The lowest BCUT2D eigenvalue weighted by Gasteiger charge is -2.36. The second-order valence-corrected chi connectivity index (χ2v) is 8.42. The van der Waals surface area contributed by atoms with Gasteiger partial charge in [-0.15, -0.1) is 0 Å². The van der Waals surface area contributed by atoms with Crippen molar-refractivity contribution < 1.29 is 9.59 Å². The summed E-state index contributed by atoms with van der Waals surface area (Å²) in [5, 5.41) is 0. The maximum atomic E-state index is 13.0. The quantitative estimate of drug-likeness (QED) is 0.796. The van der Waals surface area contributed by atoms with E-state index in [2.05, 4.69) is 29.2 Å². The summed E-state index contributed by atoms with van der Waals surface area (Å²) in [7, 11) is 0. The molecule has 4 aliphatic rings. The van der Waals surface area contributed by atoms with E-state index in [1.54, 1.807) is 4.90 Å². The summed E-state index contributed by atoms with van der Waals surface area (Å²) in [5.74, 6) is 1.40. The van der Waals surface area contributed by atoms with Crippen LogP contribution in [-0.2, 0) is 16.1 Å². The van der Waals surface area contributed by atoms with E-state index in [1.807, 2.05) is 6.07 Å². The number of amides is 2. The van der Waals surface area contributed by atoms with Crippen LogP contribution in [0.15, 0.2) is 30.3 Å². The van der Waals surface area contributed by atoms with Crippen LogP contribution in [0.4, 0.5) is 0 Å². The average molecular weight is 338 g/mol. The number of imide groups is 1. The molecule has 132 valence electrons. The number of likely N-dealkylation sites (tertiary alicyclic amines) is 2. The molecule has 2 aliphatic carbocycles. The van der Waals surface area contributed by atoms with E-state index < -0.39 is 0 Å². The number of rotatable bonds is 3. The van der Waals surface area contributed by atoms with E-state index in [-0.39, 0.29) is 29.7 Å². The monoisotopic (exact) mass is 338 g/mol. The highest BCUT2D eigenvalue weighted by molar-refractivity contribution is 6.06. The highest BCUT2D eigenvalue weighted by Crippen LogP contribution is 2.56. The molecule has 5 rings (SSSR count). The van der Waals surface area contributed by atoms with Gasteiger partial charge in [0, 0.05) is 25.7 Å². The molecule has 2 aliphatic heterocycles. The molecule has 1 aromatic rings. The Morgan fingerprint density at radius 1 is 0.840 bits per heavy atom. The molecule has 2 saturated carbocycles. The zero-order valence-corrected chi connectivity index (χ0v) is 14.6. The van der Waals surface area contributed by atoms with E-state index in [0.717, 1.165) is 51.7 Å². The lowest BCUT2D eigenvalue weighted by atomic mass is 9.81.